The highest BCUT2D eigenvalue weighted by Gasteiger charge is 2.32. The molecular formula is C16H18F3NO6S. The molecule has 1 aliphatic rings. The molecule has 0 saturated carbocycles. The SMILES string of the molecule is C[C@@H](OC(=O)C[C@H]1CCS(=O)(=O)C1)C(=O)Nc1ccc(OC(F)(F)F)cc1. The molecule has 1 aromatic rings. The van der Waals surface area contributed by atoms with E-state index >= 15 is 0 Å². The standard InChI is InChI=1S/C16H18F3NO6S/c1-10(25-14(21)8-11-6-7-27(23,24)9-11)15(22)20-12-2-4-13(5-3-12)26-16(17,18)19/h2-5,10-11H,6-9H2,1H3,(H,20,22)/t10-,11-/m1/s1. The maximum Gasteiger partial charge on any atom is 0.573 e. The Balaban J connectivity index is 1.82. The highest BCUT2D eigenvalue weighted by atomic mass is 32.2. The first kappa shape index (κ1) is 21.0. The van der Waals surface area contributed by atoms with Crippen molar-refractivity contribution < 1.29 is 40.7 Å². The van der Waals surface area contributed by atoms with Crippen LogP contribution in [0.3, 0.4) is 0 Å². The molecule has 150 valence electrons. The van der Waals surface area contributed by atoms with Crippen molar-refractivity contribution in [1.29, 1.82) is 0 Å². The molecule has 1 aliphatic heterocycles. The number of nitrogens with one attached hydrogen (secondary N) is 1. The van der Waals surface area contributed by atoms with Crippen LogP contribution in [0.4, 0.5) is 18.9 Å². The van der Waals surface area contributed by atoms with Gasteiger partial charge in [-0.1, -0.05) is 0 Å². The monoisotopic (exact) mass is 409 g/mol. The molecule has 1 saturated heterocycles. The number of esters is 1. The van der Waals surface area contributed by atoms with Gasteiger partial charge in [-0.25, -0.2) is 8.42 Å². The van der Waals surface area contributed by atoms with Gasteiger partial charge in [-0.3, -0.25) is 9.59 Å². The van der Waals surface area contributed by atoms with Crippen molar-refractivity contribution in [3.63, 3.8) is 0 Å². The number of carbonyl (C=O) groups excluding carboxylic acids is 2. The van der Waals surface area contributed by atoms with Crippen LogP contribution in [-0.4, -0.2) is 44.3 Å². The van der Waals surface area contributed by atoms with E-state index in [1.165, 1.54) is 19.1 Å². The molecule has 7 nitrogen and oxygen atoms in total. The predicted octanol–water partition coefficient (Wildman–Crippen LogP) is 2.28. The summed E-state index contributed by atoms with van der Waals surface area (Å²) in [4.78, 5) is 23.8. The first-order valence-electron chi connectivity index (χ1n) is 8.00. The zero-order valence-electron chi connectivity index (χ0n) is 14.3. The second-order valence-corrected chi connectivity index (χ2v) is 8.40. The number of sulfone groups is 1. The number of alkyl halides is 3. The fraction of sp³-hybridized carbons (Fsp3) is 0.500. The van der Waals surface area contributed by atoms with E-state index < -0.39 is 39.9 Å². The Morgan fingerprint density at radius 1 is 1.26 bits per heavy atom. The van der Waals surface area contributed by atoms with Crippen LogP contribution in [-0.2, 0) is 24.2 Å². The van der Waals surface area contributed by atoms with E-state index in [1.54, 1.807) is 0 Å². The van der Waals surface area contributed by atoms with E-state index in [0.717, 1.165) is 12.1 Å². The Kier molecular flexibility index (Phi) is 6.34. The Morgan fingerprint density at radius 3 is 2.41 bits per heavy atom. The van der Waals surface area contributed by atoms with E-state index in [9.17, 15) is 31.2 Å². The van der Waals surface area contributed by atoms with Gasteiger partial charge in [0.1, 0.15) is 5.75 Å². The summed E-state index contributed by atoms with van der Waals surface area (Å²) in [5.41, 5.74) is 0.194. The maximum absolute atomic E-state index is 12.1. The van der Waals surface area contributed by atoms with Gasteiger partial charge in [0.2, 0.25) is 0 Å². The summed E-state index contributed by atoms with van der Waals surface area (Å²) in [6.07, 6.45) is -5.68. The molecule has 0 bridgehead atoms. The topological polar surface area (TPSA) is 98.8 Å². The number of amides is 1. The minimum absolute atomic E-state index is 0.0367. The van der Waals surface area contributed by atoms with Crippen molar-refractivity contribution in [2.24, 2.45) is 5.92 Å². The van der Waals surface area contributed by atoms with Gasteiger partial charge in [0.05, 0.1) is 11.5 Å². The number of rotatable bonds is 6. The van der Waals surface area contributed by atoms with Crippen LogP contribution in [0.1, 0.15) is 19.8 Å². The predicted molar refractivity (Wildman–Crippen MR) is 88.7 cm³/mol. The fourth-order valence-electron chi connectivity index (χ4n) is 2.55. The molecule has 0 spiro atoms. The molecule has 1 amide bonds. The molecule has 11 heteroatoms. The first-order chi connectivity index (χ1) is 12.4. The van der Waals surface area contributed by atoms with Gasteiger partial charge in [-0.05, 0) is 43.5 Å². The van der Waals surface area contributed by atoms with Crippen LogP contribution in [0.5, 0.6) is 5.75 Å². The van der Waals surface area contributed by atoms with Gasteiger partial charge in [0, 0.05) is 12.1 Å². The molecule has 1 heterocycles. The largest absolute Gasteiger partial charge is 0.573 e. The van der Waals surface area contributed by atoms with Gasteiger partial charge >= 0.3 is 12.3 Å². The smallest absolute Gasteiger partial charge is 0.453 e. The van der Waals surface area contributed by atoms with E-state index in [-0.39, 0.29) is 29.5 Å². The third kappa shape index (κ3) is 7.08. The number of benzene rings is 1. The summed E-state index contributed by atoms with van der Waals surface area (Å²) >= 11 is 0. The zero-order valence-corrected chi connectivity index (χ0v) is 15.1. The lowest BCUT2D eigenvalue weighted by molar-refractivity contribution is -0.274. The number of halogens is 3. The summed E-state index contributed by atoms with van der Waals surface area (Å²) in [5.74, 6) is -2.16. The summed E-state index contributed by atoms with van der Waals surface area (Å²) in [7, 11) is -3.11. The van der Waals surface area contributed by atoms with Gasteiger partial charge < -0.3 is 14.8 Å². The Morgan fingerprint density at radius 2 is 1.89 bits per heavy atom. The molecule has 0 aliphatic carbocycles. The molecule has 0 unspecified atom stereocenters. The normalized spacial score (nSPS) is 19.9. The molecule has 0 radical (unpaired) electrons. The van der Waals surface area contributed by atoms with Gasteiger partial charge in [-0.2, -0.15) is 0 Å². The quantitative estimate of drug-likeness (QED) is 0.724. The number of hydrogen-bond donors (Lipinski definition) is 1. The second-order valence-electron chi connectivity index (χ2n) is 6.17. The van der Waals surface area contributed by atoms with Gasteiger partial charge in [0.15, 0.2) is 15.9 Å². The average molecular weight is 409 g/mol. The third-order valence-corrected chi connectivity index (χ3v) is 5.65. The molecule has 1 fully saturated rings. The molecule has 2 rings (SSSR count). The van der Waals surface area contributed by atoms with Crippen molar-refractivity contribution in [2.75, 3.05) is 16.8 Å². The minimum atomic E-state index is -4.81. The third-order valence-electron chi connectivity index (χ3n) is 3.81. The average Bonchev–Trinajstić information content (AvgIpc) is 2.86. The number of anilines is 1. The van der Waals surface area contributed by atoms with Crippen molar-refractivity contribution in [3.8, 4) is 5.75 Å². The van der Waals surface area contributed by atoms with E-state index in [4.69, 9.17) is 4.74 Å². The van der Waals surface area contributed by atoms with E-state index in [2.05, 4.69) is 10.1 Å². The maximum atomic E-state index is 12.1. The van der Waals surface area contributed by atoms with Crippen LogP contribution >= 0.6 is 0 Å². The second kappa shape index (κ2) is 8.15. The highest BCUT2D eigenvalue weighted by molar-refractivity contribution is 7.91. The van der Waals surface area contributed by atoms with E-state index in [0.29, 0.717) is 6.42 Å². The van der Waals surface area contributed by atoms with Crippen LogP contribution in [0, 0.1) is 5.92 Å². The highest BCUT2D eigenvalue weighted by Crippen LogP contribution is 2.24. The van der Waals surface area contributed by atoms with Gasteiger partial charge in [0.25, 0.3) is 5.91 Å². The molecule has 0 aromatic heterocycles. The first-order valence-corrected chi connectivity index (χ1v) is 9.82. The summed E-state index contributed by atoms with van der Waals surface area (Å²) < 4.78 is 67.7. The summed E-state index contributed by atoms with van der Waals surface area (Å²) in [6, 6.07) is 4.47. The molecule has 1 aromatic carbocycles. The van der Waals surface area contributed by atoms with Crippen LogP contribution in [0.15, 0.2) is 24.3 Å². The minimum Gasteiger partial charge on any atom is -0.453 e. The van der Waals surface area contributed by atoms with Crippen molar-refractivity contribution in [3.05, 3.63) is 24.3 Å². The Hall–Kier alpha value is -2.30. The van der Waals surface area contributed by atoms with Crippen molar-refractivity contribution in [2.45, 2.75) is 32.2 Å². The molecular weight excluding hydrogens is 391 g/mol. The number of hydrogen-bond acceptors (Lipinski definition) is 6. The van der Waals surface area contributed by atoms with E-state index in [1.807, 2.05) is 0 Å². The lowest BCUT2D eigenvalue weighted by Crippen LogP contribution is -2.30. The summed E-state index contributed by atoms with van der Waals surface area (Å²) in [6.45, 7) is 1.33. The molecule has 2 atom stereocenters. The Bertz CT molecular complexity index is 791. The van der Waals surface area contributed by atoms with Crippen LogP contribution < -0.4 is 10.1 Å². The Labute approximate surface area is 153 Å². The van der Waals surface area contributed by atoms with Crippen LogP contribution in [0.25, 0.3) is 0 Å². The van der Waals surface area contributed by atoms with Crippen molar-refractivity contribution >= 4 is 27.4 Å². The van der Waals surface area contributed by atoms with Crippen LogP contribution in [0.2, 0.25) is 0 Å². The number of carbonyl (C=O) groups is 2. The number of ether oxygens (including phenoxy) is 2. The van der Waals surface area contributed by atoms with Crippen molar-refractivity contribution in [1.82, 2.24) is 0 Å². The lowest BCUT2D eigenvalue weighted by Gasteiger charge is -2.15. The zero-order chi connectivity index (χ0) is 20.2. The van der Waals surface area contributed by atoms with Gasteiger partial charge in [-0.15, -0.1) is 13.2 Å². The molecule has 27 heavy (non-hydrogen) atoms. The fourth-order valence-corrected chi connectivity index (χ4v) is 4.41. The summed E-state index contributed by atoms with van der Waals surface area (Å²) in [5, 5.41) is 2.39. The lowest BCUT2D eigenvalue weighted by atomic mass is 10.1. The molecule has 1 N–H and O–H groups in total.